The number of amides is 1. The molecular weight excluding hydrogens is 342 g/mol. The van der Waals surface area contributed by atoms with Gasteiger partial charge in [0.05, 0.1) is 5.02 Å². The molecule has 0 aliphatic carbocycles. The van der Waals surface area contributed by atoms with Crippen molar-refractivity contribution in [2.45, 2.75) is 13.0 Å². The minimum atomic E-state index is -0.381. The van der Waals surface area contributed by atoms with Gasteiger partial charge < -0.3 is 10.6 Å². The number of aromatic nitrogens is 1. The fourth-order valence-corrected chi connectivity index (χ4v) is 1.92. The summed E-state index contributed by atoms with van der Waals surface area (Å²) in [4.78, 5) is 16.0. The van der Waals surface area contributed by atoms with Crippen molar-refractivity contribution in [2.75, 3.05) is 10.6 Å². The third-order valence-electron chi connectivity index (χ3n) is 2.60. The van der Waals surface area contributed by atoms with Crippen LogP contribution >= 0.6 is 27.5 Å². The number of pyridine rings is 1. The van der Waals surface area contributed by atoms with E-state index >= 15 is 0 Å². The Balaban J connectivity index is 1.94. The lowest BCUT2D eigenvalue weighted by atomic mass is 10.2. The first-order chi connectivity index (χ1) is 9.54. The van der Waals surface area contributed by atoms with Crippen LogP contribution in [0.25, 0.3) is 0 Å². The van der Waals surface area contributed by atoms with Crippen LogP contribution in [0.1, 0.15) is 6.92 Å². The number of rotatable bonds is 4. The number of carbonyl (C=O) groups is 1. The maximum Gasteiger partial charge on any atom is 0.247 e. The summed E-state index contributed by atoms with van der Waals surface area (Å²) in [7, 11) is 0. The molecule has 20 heavy (non-hydrogen) atoms. The van der Waals surface area contributed by atoms with Crippen LogP contribution in [-0.4, -0.2) is 16.9 Å². The largest absolute Gasteiger partial charge is 0.374 e. The molecule has 0 aliphatic rings. The number of benzene rings is 1. The van der Waals surface area contributed by atoms with Gasteiger partial charge in [-0.05, 0) is 43.3 Å². The summed E-state index contributed by atoms with van der Waals surface area (Å²) in [6.07, 6.45) is 1.49. The Kier molecular flexibility index (Phi) is 4.98. The van der Waals surface area contributed by atoms with Crippen molar-refractivity contribution in [3.63, 3.8) is 0 Å². The lowest BCUT2D eigenvalue weighted by molar-refractivity contribution is -0.116. The number of hydrogen-bond acceptors (Lipinski definition) is 3. The van der Waals surface area contributed by atoms with E-state index in [1.807, 2.05) is 24.3 Å². The van der Waals surface area contributed by atoms with Crippen LogP contribution < -0.4 is 10.6 Å². The average Bonchev–Trinajstić information content (AvgIpc) is 2.44. The molecule has 0 spiro atoms. The van der Waals surface area contributed by atoms with E-state index in [9.17, 15) is 4.79 Å². The van der Waals surface area contributed by atoms with Crippen molar-refractivity contribution < 1.29 is 4.79 Å². The monoisotopic (exact) mass is 353 g/mol. The van der Waals surface area contributed by atoms with Crippen LogP contribution in [0, 0.1) is 0 Å². The zero-order chi connectivity index (χ0) is 14.5. The first-order valence-corrected chi connectivity index (χ1v) is 7.16. The van der Waals surface area contributed by atoms with Crippen LogP contribution in [-0.2, 0) is 4.79 Å². The average molecular weight is 355 g/mol. The third kappa shape index (κ3) is 4.21. The first kappa shape index (κ1) is 14.8. The van der Waals surface area contributed by atoms with Crippen molar-refractivity contribution in [3.05, 3.63) is 52.1 Å². The summed E-state index contributed by atoms with van der Waals surface area (Å²) in [5.74, 6) is 0.312. The van der Waals surface area contributed by atoms with Crippen LogP contribution in [0.3, 0.4) is 0 Å². The van der Waals surface area contributed by atoms with E-state index in [1.165, 1.54) is 6.20 Å². The molecule has 104 valence electrons. The summed E-state index contributed by atoms with van der Waals surface area (Å²) in [6.45, 7) is 1.79. The molecule has 0 bridgehead atoms. The number of nitrogens with zero attached hydrogens (tertiary/aromatic N) is 1. The second-order valence-electron chi connectivity index (χ2n) is 4.22. The first-order valence-electron chi connectivity index (χ1n) is 5.99. The predicted octanol–water partition coefficient (Wildman–Crippen LogP) is 3.94. The van der Waals surface area contributed by atoms with Gasteiger partial charge in [0.2, 0.25) is 5.91 Å². The van der Waals surface area contributed by atoms with Gasteiger partial charge in [0.15, 0.2) is 0 Å². The molecule has 0 saturated carbocycles. The van der Waals surface area contributed by atoms with Crippen molar-refractivity contribution in [3.8, 4) is 0 Å². The number of anilines is 2. The third-order valence-corrected chi connectivity index (χ3v) is 3.35. The highest BCUT2D eigenvalue weighted by Crippen LogP contribution is 2.15. The fraction of sp³-hybridized carbons (Fsp3) is 0.143. The second kappa shape index (κ2) is 6.72. The van der Waals surface area contributed by atoms with Gasteiger partial charge in [-0.25, -0.2) is 4.98 Å². The van der Waals surface area contributed by atoms with Crippen LogP contribution in [0.5, 0.6) is 0 Å². The number of nitrogens with one attached hydrogen (secondary N) is 2. The molecule has 6 heteroatoms. The lowest BCUT2D eigenvalue weighted by Crippen LogP contribution is -2.32. The fourth-order valence-electron chi connectivity index (χ4n) is 1.55. The van der Waals surface area contributed by atoms with Crippen molar-refractivity contribution in [2.24, 2.45) is 0 Å². The molecule has 4 nitrogen and oxygen atoms in total. The highest BCUT2D eigenvalue weighted by Gasteiger charge is 2.13. The van der Waals surface area contributed by atoms with Gasteiger partial charge in [0.25, 0.3) is 0 Å². The summed E-state index contributed by atoms with van der Waals surface area (Å²) in [6, 6.07) is 10.6. The van der Waals surface area contributed by atoms with Crippen LogP contribution in [0.15, 0.2) is 47.1 Å². The molecule has 0 aliphatic heterocycles. The SMILES string of the molecule is CC(Nc1ccc(Br)cc1)C(=O)Nc1ccc(Cl)cn1. The Morgan fingerprint density at radius 2 is 1.95 bits per heavy atom. The van der Waals surface area contributed by atoms with Gasteiger partial charge in [-0.1, -0.05) is 27.5 Å². The summed E-state index contributed by atoms with van der Waals surface area (Å²) in [5.41, 5.74) is 0.875. The molecule has 1 amide bonds. The Labute approximate surface area is 130 Å². The Morgan fingerprint density at radius 3 is 2.55 bits per heavy atom. The molecule has 1 aromatic carbocycles. The molecule has 0 radical (unpaired) electrons. The standard InChI is InChI=1S/C14H13BrClN3O/c1-9(18-12-5-2-10(15)3-6-12)14(20)19-13-7-4-11(16)8-17-13/h2-9,18H,1H3,(H,17,19,20). The van der Waals surface area contributed by atoms with Crippen molar-refractivity contribution in [1.29, 1.82) is 0 Å². The Hall–Kier alpha value is -1.59. The van der Waals surface area contributed by atoms with Crippen LogP contribution in [0.4, 0.5) is 11.5 Å². The van der Waals surface area contributed by atoms with Gasteiger partial charge in [0, 0.05) is 16.4 Å². The van der Waals surface area contributed by atoms with Gasteiger partial charge in [-0.2, -0.15) is 0 Å². The molecule has 1 atom stereocenters. The van der Waals surface area contributed by atoms with E-state index in [0.717, 1.165) is 10.2 Å². The zero-order valence-corrected chi connectivity index (χ0v) is 13.1. The Morgan fingerprint density at radius 1 is 1.25 bits per heavy atom. The molecule has 0 fully saturated rings. The molecule has 2 aromatic rings. The molecular formula is C14H13BrClN3O. The van der Waals surface area contributed by atoms with Crippen molar-refractivity contribution >= 4 is 44.9 Å². The summed E-state index contributed by atoms with van der Waals surface area (Å²) < 4.78 is 0.991. The summed E-state index contributed by atoms with van der Waals surface area (Å²) in [5, 5.41) is 6.37. The zero-order valence-electron chi connectivity index (χ0n) is 10.7. The molecule has 1 unspecified atom stereocenters. The van der Waals surface area contributed by atoms with E-state index in [1.54, 1.807) is 19.1 Å². The lowest BCUT2D eigenvalue weighted by Gasteiger charge is -2.15. The van der Waals surface area contributed by atoms with Gasteiger partial charge in [-0.3, -0.25) is 4.79 Å². The van der Waals surface area contributed by atoms with E-state index in [4.69, 9.17) is 11.6 Å². The van der Waals surface area contributed by atoms with Crippen molar-refractivity contribution in [1.82, 2.24) is 4.98 Å². The van der Waals surface area contributed by atoms with Gasteiger partial charge >= 0.3 is 0 Å². The highest BCUT2D eigenvalue weighted by molar-refractivity contribution is 9.10. The normalized spacial score (nSPS) is 11.8. The van der Waals surface area contributed by atoms with Gasteiger partial charge in [0.1, 0.15) is 11.9 Å². The molecule has 1 aromatic heterocycles. The Bertz CT molecular complexity index is 586. The predicted molar refractivity (Wildman–Crippen MR) is 85.1 cm³/mol. The quantitative estimate of drug-likeness (QED) is 0.874. The van der Waals surface area contributed by atoms with E-state index in [2.05, 4.69) is 31.5 Å². The minimum Gasteiger partial charge on any atom is -0.374 e. The highest BCUT2D eigenvalue weighted by atomic mass is 79.9. The number of halogens is 2. The number of hydrogen-bond donors (Lipinski definition) is 2. The molecule has 2 rings (SSSR count). The molecule has 1 heterocycles. The van der Waals surface area contributed by atoms with E-state index in [0.29, 0.717) is 10.8 Å². The molecule has 0 saturated heterocycles. The topological polar surface area (TPSA) is 54.0 Å². The maximum absolute atomic E-state index is 12.0. The second-order valence-corrected chi connectivity index (χ2v) is 5.58. The minimum absolute atomic E-state index is 0.164. The van der Waals surface area contributed by atoms with Crippen LogP contribution in [0.2, 0.25) is 5.02 Å². The van der Waals surface area contributed by atoms with E-state index < -0.39 is 0 Å². The maximum atomic E-state index is 12.0. The number of carbonyl (C=O) groups excluding carboxylic acids is 1. The van der Waals surface area contributed by atoms with E-state index in [-0.39, 0.29) is 11.9 Å². The van der Waals surface area contributed by atoms with Gasteiger partial charge in [-0.15, -0.1) is 0 Å². The summed E-state index contributed by atoms with van der Waals surface area (Å²) >= 11 is 9.10. The smallest absolute Gasteiger partial charge is 0.247 e. The molecule has 2 N–H and O–H groups in total.